The highest BCUT2D eigenvalue weighted by molar-refractivity contribution is 7.12. The minimum atomic E-state index is 0.295. The van der Waals surface area contributed by atoms with Crippen molar-refractivity contribution >= 4 is 11.3 Å². The van der Waals surface area contributed by atoms with Gasteiger partial charge in [-0.15, -0.1) is 11.3 Å². The molecule has 0 bridgehead atoms. The SMILES string of the molecule is CCc1ccc(CC2=CC(N)CCCC2)s1. The summed E-state index contributed by atoms with van der Waals surface area (Å²) >= 11 is 1.95. The van der Waals surface area contributed by atoms with Crippen molar-refractivity contribution in [1.82, 2.24) is 0 Å². The molecule has 1 heterocycles. The summed E-state index contributed by atoms with van der Waals surface area (Å²) in [5.41, 5.74) is 7.59. The van der Waals surface area contributed by atoms with Crippen molar-refractivity contribution in [2.45, 2.75) is 51.5 Å². The van der Waals surface area contributed by atoms with Crippen LogP contribution in [-0.2, 0) is 12.8 Å². The van der Waals surface area contributed by atoms with E-state index in [4.69, 9.17) is 5.73 Å². The molecule has 0 saturated heterocycles. The van der Waals surface area contributed by atoms with E-state index in [0.29, 0.717) is 6.04 Å². The fraction of sp³-hybridized carbons (Fsp3) is 0.571. The first-order chi connectivity index (χ1) is 7.78. The van der Waals surface area contributed by atoms with Crippen molar-refractivity contribution in [3.05, 3.63) is 33.5 Å². The molecule has 0 aliphatic heterocycles. The van der Waals surface area contributed by atoms with Crippen molar-refractivity contribution in [3.63, 3.8) is 0 Å². The van der Waals surface area contributed by atoms with E-state index in [2.05, 4.69) is 25.1 Å². The molecule has 1 nitrogen and oxygen atoms in total. The maximum atomic E-state index is 6.04. The number of rotatable bonds is 3. The number of aryl methyl sites for hydroxylation is 1. The van der Waals surface area contributed by atoms with Gasteiger partial charge in [0, 0.05) is 22.2 Å². The standard InChI is InChI=1S/C14H21NS/c1-2-13-7-8-14(16-13)10-11-5-3-4-6-12(15)9-11/h7-9,12H,2-6,10,15H2,1H3. The lowest BCUT2D eigenvalue weighted by Crippen LogP contribution is -2.15. The van der Waals surface area contributed by atoms with Gasteiger partial charge in [-0.2, -0.15) is 0 Å². The Morgan fingerprint density at radius 1 is 1.31 bits per heavy atom. The highest BCUT2D eigenvalue weighted by Gasteiger charge is 2.09. The fourth-order valence-corrected chi connectivity index (χ4v) is 3.29. The smallest absolute Gasteiger partial charge is 0.0226 e. The first-order valence-electron chi connectivity index (χ1n) is 6.30. The average molecular weight is 235 g/mol. The van der Waals surface area contributed by atoms with Crippen LogP contribution in [0.15, 0.2) is 23.8 Å². The van der Waals surface area contributed by atoms with E-state index in [-0.39, 0.29) is 0 Å². The largest absolute Gasteiger partial charge is 0.324 e. The predicted octanol–water partition coefficient (Wildman–Crippen LogP) is 3.68. The van der Waals surface area contributed by atoms with Gasteiger partial charge in [-0.05, 0) is 37.8 Å². The van der Waals surface area contributed by atoms with Crippen LogP contribution in [0.5, 0.6) is 0 Å². The summed E-state index contributed by atoms with van der Waals surface area (Å²) in [5, 5.41) is 0. The molecule has 0 saturated carbocycles. The van der Waals surface area contributed by atoms with Gasteiger partial charge < -0.3 is 5.73 Å². The third-order valence-corrected chi connectivity index (χ3v) is 4.43. The van der Waals surface area contributed by atoms with Gasteiger partial charge in [0.15, 0.2) is 0 Å². The van der Waals surface area contributed by atoms with Crippen molar-refractivity contribution < 1.29 is 0 Å². The van der Waals surface area contributed by atoms with E-state index in [0.717, 1.165) is 19.3 Å². The van der Waals surface area contributed by atoms with Crippen LogP contribution in [0.3, 0.4) is 0 Å². The molecule has 2 heteroatoms. The zero-order chi connectivity index (χ0) is 11.4. The maximum Gasteiger partial charge on any atom is 0.0226 e. The summed E-state index contributed by atoms with van der Waals surface area (Å²) in [6, 6.07) is 4.83. The molecule has 0 fully saturated rings. The van der Waals surface area contributed by atoms with Crippen molar-refractivity contribution in [2.75, 3.05) is 0 Å². The monoisotopic (exact) mass is 235 g/mol. The Kier molecular flexibility index (Phi) is 4.19. The molecule has 0 aromatic carbocycles. The van der Waals surface area contributed by atoms with Gasteiger partial charge >= 0.3 is 0 Å². The molecule has 1 aliphatic carbocycles. The van der Waals surface area contributed by atoms with Gasteiger partial charge in [0.1, 0.15) is 0 Å². The summed E-state index contributed by atoms with van der Waals surface area (Å²) in [6.07, 6.45) is 9.58. The molecule has 0 amide bonds. The Balaban J connectivity index is 2.02. The van der Waals surface area contributed by atoms with Gasteiger partial charge in [0.05, 0.1) is 0 Å². The van der Waals surface area contributed by atoms with E-state index in [1.54, 1.807) is 5.57 Å². The molecule has 16 heavy (non-hydrogen) atoms. The molecule has 1 aromatic rings. The third kappa shape index (κ3) is 3.19. The molecular formula is C14H21NS. The number of hydrogen-bond acceptors (Lipinski definition) is 2. The van der Waals surface area contributed by atoms with Crippen molar-refractivity contribution in [1.29, 1.82) is 0 Å². The van der Waals surface area contributed by atoms with Gasteiger partial charge in [-0.25, -0.2) is 0 Å². The Morgan fingerprint density at radius 3 is 2.88 bits per heavy atom. The van der Waals surface area contributed by atoms with E-state index in [1.165, 1.54) is 29.0 Å². The Bertz CT molecular complexity index is 365. The summed E-state index contributed by atoms with van der Waals surface area (Å²) in [5.74, 6) is 0. The topological polar surface area (TPSA) is 26.0 Å². The minimum absolute atomic E-state index is 0.295. The predicted molar refractivity (Wildman–Crippen MR) is 71.9 cm³/mol. The average Bonchev–Trinajstić information content (AvgIpc) is 2.62. The van der Waals surface area contributed by atoms with Crippen LogP contribution >= 0.6 is 11.3 Å². The van der Waals surface area contributed by atoms with E-state index >= 15 is 0 Å². The third-order valence-electron chi connectivity index (χ3n) is 3.20. The molecule has 1 aromatic heterocycles. The highest BCUT2D eigenvalue weighted by atomic mass is 32.1. The van der Waals surface area contributed by atoms with Crippen LogP contribution in [-0.4, -0.2) is 6.04 Å². The summed E-state index contributed by atoms with van der Waals surface area (Å²) in [4.78, 5) is 2.99. The van der Waals surface area contributed by atoms with Crippen LogP contribution < -0.4 is 5.73 Å². The first-order valence-corrected chi connectivity index (χ1v) is 7.12. The Hall–Kier alpha value is -0.600. The second-order valence-electron chi connectivity index (χ2n) is 4.63. The van der Waals surface area contributed by atoms with Gasteiger partial charge in [0.2, 0.25) is 0 Å². The highest BCUT2D eigenvalue weighted by Crippen LogP contribution is 2.24. The zero-order valence-corrected chi connectivity index (χ0v) is 10.9. The second-order valence-corrected chi connectivity index (χ2v) is 5.89. The number of nitrogens with two attached hydrogens (primary N) is 1. The van der Waals surface area contributed by atoms with Gasteiger partial charge in [-0.1, -0.05) is 25.0 Å². The lowest BCUT2D eigenvalue weighted by atomic mass is 10.1. The molecule has 0 radical (unpaired) electrons. The quantitative estimate of drug-likeness (QED) is 0.795. The summed E-state index contributed by atoms with van der Waals surface area (Å²) in [7, 11) is 0. The van der Waals surface area contributed by atoms with Gasteiger partial charge in [-0.3, -0.25) is 0 Å². The van der Waals surface area contributed by atoms with Gasteiger partial charge in [0.25, 0.3) is 0 Å². The number of thiophene rings is 1. The Morgan fingerprint density at radius 2 is 2.12 bits per heavy atom. The Labute approximate surface area is 102 Å². The fourth-order valence-electron chi connectivity index (χ4n) is 2.28. The van der Waals surface area contributed by atoms with Crippen molar-refractivity contribution in [2.24, 2.45) is 5.73 Å². The summed E-state index contributed by atoms with van der Waals surface area (Å²) < 4.78 is 0. The lowest BCUT2D eigenvalue weighted by molar-refractivity contribution is 0.654. The molecular weight excluding hydrogens is 214 g/mol. The normalized spacial score (nSPS) is 21.6. The van der Waals surface area contributed by atoms with Crippen LogP contribution in [0.4, 0.5) is 0 Å². The zero-order valence-electron chi connectivity index (χ0n) is 10.0. The molecule has 2 N–H and O–H groups in total. The number of hydrogen-bond donors (Lipinski definition) is 1. The van der Waals surface area contributed by atoms with E-state index in [1.807, 2.05) is 11.3 Å². The molecule has 1 atom stereocenters. The molecule has 1 aliphatic rings. The lowest BCUT2D eigenvalue weighted by Gasteiger charge is -2.05. The molecule has 0 spiro atoms. The van der Waals surface area contributed by atoms with E-state index in [9.17, 15) is 0 Å². The first kappa shape index (κ1) is 11.9. The van der Waals surface area contributed by atoms with Crippen LogP contribution in [0.25, 0.3) is 0 Å². The minimum Gasteiger partial charge on any atom is -0.324 e. The molecule has 88 valence electrons. The number of allylic oxidation sites excluding steroid dienone is 1. The van der Waals surface area contributed by atoms with Crippen LogP contribution in [0, 0.1) is 0 Å². The second kappa shape index (κ2) is 5.65. The molecule has 2 rings (SSSR count). The van der Waals surface area contributed by atoms with Crippen LogP contribution in [0.1, 0.15) is 42.4 Å². The molecule has 1 unspecified atom stereocenters. The van der Waals surface area contributed by atoms with E-state index < -0.39 is 0 Å². The van der Waals surface area contributed by atoms with Crippen LogP contribution in [0.2, 0.25) is 0 Å². The summed E-state index contributed by atoms with van der Waals surface area (Å²) in [6.45, 7) is 2.22. The van der Waals surface area contributed by atoms with Crippen molar-refractivity contribution in [3.8, 4) is 0 Å². The maximum absolute atomic E-state index is 6.04.